The Morgan fingerprint density at radius 2 is 1.85 bits per heavy atom. The normalized spacial score (nSPS) is 17.2. The molecule has 0 unspecified atom stereocenters. The van der Waals surface area contributed by atoms with Gasteiger partial charge in [-0.25, -0.2) is 0 Å². The van der Waals surface area contributed by atoms with Gasteiger partial charge < -0.3 is 19.9 Å². The molecule has 0 bridgehead atoms. The smallest absolute Gasteiger partial charge is 0.253 e. The number of nitrogens with zero attached hydrogens (tertiary/aromatic N) is 3. The largest absolute Gasteiger partial charge is 0.494 e. The molecule has 8 heteroatoms. The molecule has 0 aliphatic carbocycles. The van der Waals surface area contributed by atoms with Crippen LogP contribution in [0, 0.1) is 0 Å². The Balaban J connectivity index is 1.60. The van der Waals surface area contributed by atoms with Crippen LogP contribution in [0.5, 0.6) is 5.75 Å². The third-order valence-corrected chi connectivity index (χ3v) is 6.03. The molecule has 0 radical (unpaired) electrons. The van der Waals surface area contributed by atoms with Gasteiger partial charge in [0.05, 0.1) is 18.0 Å². The lowest BCUT2D eigenvalue weighted by Gasteiger charge is -2.45. The van der Waals surface area contributed by atoms with Crippen molar-refractivity contribution in [2.75, 3.05) is 48.9 Å². The van der Waals surface area contributed by atoms with Gasteiger partial charge in [0.15, 0.2) is 0 Å². The maximum Gasteiger partial charge on any atom is 0.253 e. The highest BCUT2D eigenvalue weighted by atomic mass is 16.5. The topological polar surface area (TPSA) is 82.2 Å². The summed E-state index contributed by atoms with van der Waals surface area (Å²) >= 11 is 0. The quantitative estimate of drug-likeness (QED) is 0.731. The third kappa shape index (κ3) is 4.65. The lowest BCUT2D eigenvalue weighted by Crippen LogP contribution is -2.56. The second-order valence-electron chi connectivity index (χ2n) is 8.54. The molecule has 1 N–H and O–H groups in total. The average molecular weight is 451 g/mol. The zero-order chi connectivity index (χ0) is 23.5. The minimum Gasteiger partial charge on any atom is -0.494 e. The number of rotatable bonds is 6. The van der Waals surface area contributed by atoms with Gasteiger partial charge in [-0.2, -0.15) is 0 Å². The van der Waals surface area contributed by atoms with E-state index >= 15 is 0 Å². The van der Waals surface area contributed by atoms with E-state index in [1.54, 1.807) is 50.5 Å². The molecule has 2 heterocycles. The summed E-state index contributed by atoms with van der Waals surface area (Å²) in [6, 6.07) is 12.3. The van der Waals surface area contributed by atoms with Gasteiger partial charge in [0.25, 0.3) is 5.91 Å². The van der Waals surface area contributed by atoms with Crippen molar-refractivity contribution in [3.8, 4) is 5.75 Å². The van der Waals surface area contributed by atoms with Gasteiger partial charge in [-0.1, -0.05) is 0 Å². The molecule has 2 aromatic carbocycles. The summed E-state index contributed by atoms with van der Waals surface area (Å²) in [5.41, 5.74) is 2.61. The molecule has 1 fully saturated rings. The zero-order valence-corrected chi connectivity index (χ0v) is 19.3. The number of nitrogens with one attached hydrogen (secondary N) is 1. The summed E-state index contributed by atoms with van der Waals surface area (Å²) in [4.78, 5) is 44.0. The second kappa shape index (κ2) is 9.52. The van der Waals surface area contributed by atoms with E-state index in [0.29, 0.717) is 23.5 Å². The van der Waals surface area contributed by atoms with Crippen molar-refractivity contribution in [1.29, 1.82) is 0 Å². The van der Waals surface area contributed by atoms with Crippen LogP contribution in [-0.2, 0) is 9.59 Å². The van der Waals surface area contributed by atoms with Crippen LogP contribution >= 0.6 is 0 Å². The summed E-state index contributed by atoms with van der Waals surface area (Å²) in [5, 5.41) is 2.86. The first-order valence-corrected chi connectivity index (χ1v) is 11.4. The van der Waals surface area contributed by atoms with Crippen molar-refractivity contribution < 1.29 is 19.1 Å². The van der Waals surface area contributed by atoms with Gasteiger partial charge in [-0.3, -0.25) is 19.3 Å². The Bertz CT molecular complexity index is 1050. The van der Waals surface area contributed by atoms with Crippen molar-refractivity contribution >= 4 is 34.8 Å². The Hall–Kier alpha value is -3.55. The Kier molecular flexibility index (Phi) is 6.53. The predicted octanol–water partition coefficient (Wildman–Crippen LogP) is 3.13. The minimum absolute atomic E-state index is 0.0986. The SMILES string of the molecule is CCOc1ccc(NC(=O)CN2C(=O)[C@@H]3CCCCN3c3ccc(C(=O)N(C)C)cc32)cc1. The van der Waals surface area contributed by atoms with Crippen LogP contribution in [0.2, 0.25) is 0 Å². The number of ether oxygens (including phenoxy) is 1. The van der Waals surface area contributed by atoms with Crippen LogP contribution in [0.15, 0.2) is 42.5 Å². The summed E-state index contributed by atoms with van der Waals surface area (Å²) in [6.45, 7) is 3.15. The number of carbonyl (C=O) groups excluding carboxylic acids is 3. The molecule has 8 nitrogen and oxygen atoms in total. The van der Waals surface area contributed by atoms with Gasteiger partial charge in [0.2, 0.25) is 11.8 Å². The van der Waals surface area contributed by atoms with Crippen LogP contribution in [0.25, 0.3) is 0 Å². The summed E-state index contributed by atoms with van der Waals surface area (Å²) in [6.07, 6.45) is 2.75. The van der Waals surface area contributed by atoms with Crippen molar-refractivity contribution in [3.63, 3.8) is 0 Å². The van der Waals surface area contributed by atoms with Gasteiger partial charge in [0, 0.05) is 31.9 Å². The Morgan fingerprint density at radius 1 is 1.09 bits per heavy atom. The standard InChI is InChI=1S/C25H30N4O4/c1-4-33-19-11-9-18(10-12-19)26-23(30)16-29-22-15-17(24(31)27(2)3)8-13-20(22)28-14-6-5-7-21(28)25(29)32/h8-13,15,21H,4-7,14,16H2,1-3H3,(H,26,30)/t21-/m0/s1. The number of hydrogen-bond acceptors (Lipinski definition) is 5. The van der Waals surface area contributed by atoms with E-state index in [0.717, 1.165) is 37.2 Å². The lowest BCUT2D eigenvalue weighted by atomic mass is 9.95. The first-order valence-electron chi connectivity index (χ1n) is 11.4. The van der Waals surface area contributed by atoms with Crippen molar-refractivity contribution in [3.05, 3.63) is 48.0 Å². The van der Waals surface area contributed by atoms with Crippen LogP contribution in [0.4, 0.5) is 17.1 Å². The molecule has 0 saturated carbocycles. The molecule has 2 aromatic rings. The monoisotopic (exact) mass is 450 g/mol. The number of benzene rings is 2. The van der Waals surface area contributed by atoms with Gasteiger partial charge in [-0.15, -0.1) is 0 Å². The minimum atomic E-state index is -0.299. The van der Waals surface area contributed by atoms with Crippen molar-refractivity contribution in [1.82, 2.24) is 4.90 Å². The van der Waals surface area contributed by atoms with Gasteiger partial charge in [-0.05, 0) is 68.7 Å². The van der Waals surface area contributed by atoms with E-state index in [2.05, 4.69) is 10.2 Å². The second-order valence-corrected chi connectivity index (χ2v) is 8.54. The summed E-state index contributed by atoms with van der Waals surface area (Å²) in [7, 11) is 3.38. The molecule has 0 spiro atoms. The van der Waals surface area contributed by atoms with E-state index in [-0.39, 0.29) is 30.3 Å². The lowest BCUT2D eigenvalue weighted by molar-refractivity contribution is -0.123. The molecule has 3 amide bonds. The predicted molar refractivity (Wildman–Crippen MR) is 128 cm³/mol. The fourth-order valence-corrected chi connectivity index (χ4v) is 4.46. The van der Waals surface area contributed by atoms with Crippen molar-refractivity contribution in [2.24, 2.45) is 0 Å². The Labute approximate surface area is 194 Å². The van der Waals surface area contributed by atoms with Crippen LogP contribution < -0.4 is 19.9 Å². The first-order chi connectivity index (χ1) is 15.9. The van der Waals surface area contributed by atoms with Crippen molar-refractivity contribution in [2.45, 2.75) is 32.2 Å². The van der Waals surface area contributed by atoms with Crippen LogP contribution in [0.1, 0.15) is 36.5 Å². The molecule has 1 saturated heterocycles. The fraction of sp³-hybridized carbons (Fsp3) is 0.400. The van der Waals surface area contributed by atoms with Gasteiger partial charge in [0.1, 0.15) is 18.3 Å². The average Bonchev–Trinajstić information content (AvgIpc) is 2.82. The number of carbonyl (C=O) groups is 3. The van der Waals surface area contributed by atoms with E-state index in [4.69, 9.17) is 4.74 Å². The molecular formula is C25H30N4O4. The zero-order valence-electron chi connectivity index (χ0n) is 19.3. The molecule has 2 aliphatic heterocycles. The number of fused-ring (bicyclic) bond motifs is 3. The number of amides is 3. The number of piperidine rings is 1. The maximum absolute atomic E-state index is 13.4. The first kappa shape index (κ1) is 22.6. The number of hydrogen-bond donors (Lipinski definition) is 1. The number of anilines is 3. The maximum atomic E-state index is 13.4. The molecule has 2 aliphatic rings. The Morgan fingerprint density at radius 3 is 2.55 bits per heavy atom. The highest BCUT2D eigenvalue weighted by Crippen LogP contribution is 2.40. The van der Waals surface area contributed by atoms with E-state index in [1.807, 2.05) is 13.0 Å². The van der Waals surface area contributed by atoms with Crippen LogP contribution in [-0.4, -0.2) is 62.5 Å². The van der Waals surface area contributed by atoms with E-state index < -0.39 is 0 Å². The van der Waals surface area contributed by atoms with E-state index in [9.17, 15) is 14.4 Å². The molecule has 174 valence electrons. The fourth-order valence-electron chi connectivity index (χ4n) is 4.46. The highest BCUT2D eigenvalue weighted by molar-refractivity contribution is 6.11. The van der Waals surface area contributed by atoms with E-state index in [1.165, 1.54) is 9.80 Å². The summed E-state index contributed by atoms with van der Waals surface area (Å²) in [5.74, 6) is 0.182. The van der Waals surface area contributed by atoms with Crippen LogP contribution in [0.3, 0.4) is 0 Å². The van der Waals surface area contributed by atoms with Gasteiger partial charge >= 0.3 is 0 Å². The molecule has 1 atom stereocenters. The molecule has 0 aromatic heterocycles. The third-order valence-electron chi connectivity index (χ3n) is 6.03. The highest BCUT2D eigenvalue weighted by Gasteiger charge is 2.40. The molecule has 4 rings (SSSR count). The molecular weight excluding hydrogens is 420 g/mol. The molecule has 33 heavy (non-hydrogen) atoms. The summed E-state index contributed by atoms with van der Waals surface area (Å²) < 4.78 is 5.44.